The molecule has 8 heteroatoms. The number of para-hydroxylation sites is 1. The molecule has 1 aliphatic heterocycles. The number of hydrogen-bond donors (Lipinski definition) is 1. The lowest BCUT2D eigenvalue weighted by atomic mass is 10.0. The molecule has 0 aromatic heterocycles. The van der Waals surface area contributed by atoms with Crippen molar-refractivity contribution in [3.05, 3.63) is 53.6 Å². The maximum Gasteiger partial charge on any atom is 0.259 e. The Morgan fingerprint density at radius 3 is 2.48 bits per heavy atom. The number of nitrogens with one attached hydrogen (secondary N) is 1. The number of likely N-dealkylation sites (N-methyl/N-ethyl adjacent to an activating group) is 1. The van der Waals surface area contributed by atoms with E-state index in [1.54, 1.807) is 38.4 Å². The molecule has 2 aromatic carbocycles. The van der Waals surface area contributed by atoms with Gasteiger partial charge < -0.3 is 24.4 Å². The average molecular weight is 455 g/mol. The van der Waals surface area contributed by atoms with E-state index in [1.165, 1.54) is 4.90 Å². The number of Topliss-reactive ketones (excluding diaryl/α,β-unsaturated/α-hetero) is 1. The maximum absolute atomic E-state index is 12.6. The van der Waals surface area contributed by atoms with E-state index in [4.69, 9.17) is 14.2 Å². The number of ketones is 1. The molecule has 0 saturated heterocycles. The molecule has 1 unspecified atom stereocenters. The topological polar surface area (TPSA) is 94.2 Å². The first-order chi connectivity index (χ1) is 15.9. The molecule has 1 N–H and O–H groups in total. The van der Waals surface area contributed by atoms with Crippen LogP contribution < -0.4 is 19.5 Å². The average Bonchev–Trinajstić information content (AvgIpc) is 2.84. The SMILES string of the molecule is CCC(NC(=O)CCC(=O)c1ccc2c(c1)OCCO2)c1ccccc1OCC(=O)N(C)C. The largest absolute Gasteiger partial charge is 0.486 e. The lowest BCUT2D eigenvalue weighted by Crippen LogP contribution is -2.30. The van der Waals surface area contributed by atoms with Crippen molar-refractivity contribution in [1.82, 2.24) is 10.2 Å². The number of fused-ring (bicyclic) bond motifs is 1. The van der Waals surface area contributed by atoms with Gasteiger partial charge in [0.1, 0.15) is 19.0 Å². The summed E-state index contributed by atoms with van der Waals surface area (Å²) in [5, 5.41) is 2.98. The minimum atomic E-state index is -0.299. The Kier molecular flexibility index (Phi) is 8.29. The summed E-state index contributed by atoms with van der Waals surface area (Å²) in [6.45, 7) is 2.80. The summed E-state index contributed by atoms with van der Waals surface area (Å²) < 4.78 is 16.7. The number of carbonyl (C=O) groups excluding carboxylic acids is 3. The van der Waals surface area contributed by atoms with Gasteiger partial charge in [0.05, 0.1) is 6.04 Å². The number of ether oxygens (including phenoxy) is 3. The van der Waals surface area contributed by atoms with E-state index < -0.39 is 0 Å². The third kappa shape index (κ3) is 6.47. The molecule has 0 bridgehead atoms. The smallest absolute Gasteiger partial charge is 0.259 e. The van der Waals surface area contributed by atoms with Gasteiger partial charge in [-0.1, -0.05) is 25.1 Å². The zero-order valence-electron chi connectivity index (χ0n) is 19.3. The van der Waals surface area contributed by atoms with Crippen molar-refractivity contribution in [1.29, 1.82) is 0 Å². The Bertz CT molecular complexity index is 1000. The van der Waals surface area contributed by atoms with Gasteiger partial charge in [0.15, 0.2) is 23.9 Å². The molecule has 1 aliphatic rings. The van der Waals surface area contributed by atoms with Gasteiger partial charge in [0, 0.05) is 38.1 Å². The predicted molar refractivity (Wildman–Crippen MR) is 123 cm³/mol. The Balaban J connectivity index is 1.58. The number of carbonyl (C=O) groups is 3. The lowest BCUT2D eigenvalue weighted by molar-refractivity contribution is -0.130. The summed E-state index contributed by atoms with van der Waals surface area (Å²) in [5.41, 5.74) is 1.28. The highest BCUT2D eigenvalue weighted by Gasteiger charge is 2.20. The van der Waals surface area contributed by atoms with Crippen molar-refractivity contribution in [2.24, 2.45) is 0 Å². The highest BCUT2D eigenvalue weighted by atomic mass is 16.6. The molecule has 176 valence electrons. The molecular weight excluding hydrogens is 424 g/mol. The molecule has 0 saturated carbocycles. The van der Waals surface area contributed by atoms with Crippen LogP contribution in [-0.2, 0) is 9.59 Å². The number of amides is 2. The fourth-order valence-electron chi connectivity index (χ4n) is 3.42. The van der Waals surface area contributed by atoms with Crippen LogP contribution in [0, 0.1) is 0 Å². The van der Waals surface area contributed by atoms with Crippen LogP contribution in [0.25, 0.3) is 0 Å². The molecule has 0 spiro atoms. The quantitative estimate of drug-likeness (QED) is 0.555. The van der Waals surface area contributed by atoms with E-state index in [2.05, 4.69) is 5.32 Å². The fourth-order valence-corrected chi connectivity index (χ4v) is 3.42. The van der Waals surface area contributed by atoms with Crippen LogP contribution >= 0.6 is 0 Å². The summed E-state index contributed by atoms with van der Waals surface area (Å²) in [6, 6.07) is 12.1. The van der Waals surface area contributed by atoms with E-state index in [0.29, 0.717) is 42.4 Å². The fraction of sp³-hybridized carbons (Fsp3) is 0.400. The second kappa shape index (κ2) is 11.4. The molecule has 2 amide bonds. The summed E-state index contributed by atoms with van der Waals surface area (Å²) >= 11 is 0. The Morgan fingerprint density at radius 1 is 1.03 bits per heavy atom. The van der Waals surface area contributed by atoms with Gasteiger partial charge in [-0.2, -0.15) is 0 Å². The molecule has 3 rings (SSSR count). The number of benzene rings is 2. The van der Waals surface area contributed by atoms with Crippen molar-refractivity contribution >= 4 is 17.6 Å². The van der Waals surface area contributed by atoms with Crippen LogP contribution in [0.1, 0.15) is 48.1 Å². The first kappa shape index (κ1) is 24.1. The first-order valence-electron chi connectivity index (χ1n) is 11.0. The van der Waals surface area contributed by atoms with Crippen molar-refractivity contribution in [3.63, 3.8) is 0 Å². The van der Waals surface area contributed by atoms with Crippen LogP contribution in [0.4, 0.5) is 0 Å². The predicted octanol–water partition coefficient (Wildman–Crippen LogP) is 3.16. The Morgan fingerprint density at radius 2 is 1.76 bits per heavy atom. The van der Waals surface area contributed by atoms with Crippen LogP contribution in [-0.4, -0.2) is 56.4 Å². The third-order valence-electron chi connectivity index (χ3n) is 5.33. The molecule has 0 fully saturated rings. The summed E-state index contributed by atoms with van der Waals surface area (Å²) in [7, 11) is 3.33. The van der Waals surface area contributed by atoms with Crippen molar-refractivity contribution in [2.75, 3.05) is 33.9 Å². The maximum atomic E-state index is 12.6. The van der Waals surface area contributed by atoms with Gasteiger partial charge in [-0.3, -0.25) is 14.4 Å². The lowest BCUT2D eigenvalue weighted by Gasteiger charge is -2.21. The van der Waals surface area contributed by atoms with Crippen molar-refractivity contribution < 1.29 is 28.6 Å². The Labute approximate surface area is 193 Å². The molecule has 8 nitrogen and oxygen atoms in total. The number of hydrogen-bond acceptors (Lipinski definition) is 6. The standard InChI is InChI=1S/C25H30N2O6/c1-4-19(18-7-5-6-8-21(18)33-16-25(30)27(2)3)26-24(29)12-10-20(28)17-9-11-22-23(15-17)32-14-13-31-22/h5-9,11,15,19H,4,10,12-14,16H2,1-3H3,(H,26,29). The van der Waals surface area contributed by atoms with Crippen LogP contribution in [0.3, 0.4) is 0 Å². The Hall–Kier alpha value is -3.55. The second-order valence-electron chi connectivity index (χ2n) is 7.92. The summed E-state index contributed by atoms with van der Waals surface area (Å²) in [5.74, 6) is 1.20. The zero-order chi connectivity index (χ0) is 23.8. The molecule has 1 atom stereocenters. The van der Waals surface area contributed by atoms with Gasteiger partial charge in [-0.15, -0.1) is 0 Å². The van der Waals surface area contributed by atoms with Crippen molar-refractivity contribution in [3.8, 4) is 17.2 Å². The third-order valence-corrected chi connectivity index (χ3v) is 5.33. The summed E-state index contributed by atoms with van der Waals surface area (Å²) in [6.07, 6.45) is 0.771. The van der Waals surface area contributed by atoms with E-state index in [0.717, 1.165) is 5.56 Å². The van der Waals surface area contributed by atoms with Gasteiger partial charge >= 0.3 is 0 Å². The van der Waals surface area contributed by atoms with Gasteiger partial charge in [-0.25, -0.2) is 0 Å². The molecule has 33 heavy (non-hydrogen) atoms. The van der Waals surface area contributed by atoms with Crippen LogP contribution in [0.15, 0.2) is 42.5 Å². The van der Waals surface area contributed by atoms with E-state index in [9.17, 15) is 14.4 Å². The molecular formula is C25H30N2O6. The zero-order valence-corrected chi connectivity index (χ0v) is 19.3. The number of rotatable bonds is 10. The molecule has 1 heterocycles. The minimum absolute atomic E-state index is 0.0614. The molecule has 2 aromatic rings. The van der Waals surface area contributed by atoms with E-state index in [-0.39, 0.29) is 43.1 Å². The second-order valence-corrected chi connectivity index (χ2v) is 7.92. The monoisotopic (exact) mass is 454 g/mol. The van der Waals surface area contributed by atoms with E-state index in [1.807, 2.05) is 25.1 Å². The van der Waals surface area contributed by atoms with Gasteiger partial charge in [-0.05, 0) is 30.7 Å². The van der Waals surface area contributed by atoms with E-state index >= 15 is 0 Å². The van der Waals surface area contributed by atoms with Crippen molar-refractivity contribution in [2.45, 2.75) is 32.2 Å². The highest BCUT2D eigenvalue weighted by Crippen LogP contribution is 2.31. The van der Waals surface area contributed by atoms with Gasteiger partial charge in [0.2, 0.25) is 5.91 Å². The normalized spacial score (nSPS) is 13.1. The first-order valence-corrected chi connectivity index (χ1v) is 11.0. The molecule has 0 aliphatic carbocycles. The van der Waals surface area contributed by atoms with Crippen LogP contribution in [0.2, 0.25) is 0 Å². The molecule has 0 radical (unpaired) electrons. The number of nitrogens with zero attached hydrogens (tertiary/aromatic N) is 1. The minimum Gasteiger partial charge on any atom is -0.486 e. The van der Waals surface area contributed by atoms with Crippen LogP contribution in [0.5, 0.6) is 17.2 Å². The summed E-state index contributed by atoms with van der Waals surface area (Å²) in [4.78, 5) is 38.5. The highest BCUT2D eigenvalue weighted by molar-refractivity contribution is 5.98. The van der Waals surface area contributed by atoms with Gasteiger partial charge in [0.25, 0.3) is 5.91 Å².